The lowest BCUT2D eigenvalue weighted by molar-refractivity contribution is -0.161. The summed E-state index contributed by atoms with van der Waals surface area (Å²) in [6, 6.07) is 3.02. The SMILES string of the molecule is CCOC(=O)[C@H]1C(=O)CC(=O)[C@H](C(=O)OCC)C1c1cc(OC)c(OC)c(OC)c1. The van der Waals surface area contributed by atoms with Crippen molar-refractivity contribution in [3.05, 3.63) is 17.7 Å². The molecule has 1 aromatic rings. The van der Waals surface area contributed by atoms with E-state index >= 15 is 0 Å². The van der Waals surface area contributed by atoms with Crippen molar-refractivity contribution in [3.8, 4) is 17.2 Å². The molecular formula is C21H26O9. The predicted octanol–water partition coefficient (Wildman–Crippen LogP) is 1.70. The van der Waals surface area contributed by atoms with Gasteiger partial charge in [0.25, 0.3) is 0 Å². The first-order chi connectivity index (χ1) is 14.3. The van der Waals surface area contributed by atoms with Crippen LogP contribution in [-0.4, -0.2) is 58.0 Å². The summed E-state index contributed by atoms with van der Waals surface area (Å²) < 4.78 is 26.1. The fourth-order valence-electron chi connectivity index (χ4n) is 3.68. The van der Waals surface area contributed by atoms with Crippen LogP contribution in [0.2, 0.25) is 0 Å². The highest BCUT2D eigenvalue weighted by Crippen LogP contribution is 2.46. The van der Waals surface area contributed by atoms with Crippen LogP contribution in [0, 0.1) is 11.8 Å². The van der Waals surface area contributed by atoms with Gasteiger partial charge in [0.15, 0.2) is 23.1 Å². The minimum atomic E-state index is -1.35. The van der Waals surface area contributed by atoms with Crippen molar-refractivity contribution in [3.63, 3.8) is 0 Å². The summed E-state index contributed by atoms with van der Waals surface area (Å²) in [6.07, 6.45) is -0.548. The van der Waals surface area contributed by atoms with Crippen LogP contribution in [0.25, 0.3) is 0 Å². The van der Waals surface area contributed by atoms with Crippen molar-refractivity contribution in [2.24, 2.45) is 11.8 Å². The molecule has 9 heteroatoms. The predicted molar refractivity (Wildman–Crippen MR) is 104 cm³/mol. The van der Waals surface area contributed by atoms with Gasteiger partial charge in [-0.3, -0.25) is 19.2 Å². The van der Waals surface area contributed by atoms with Crippen LogP contribution in [0.5, 0.6) is 17.2 Å². The van der Waals surface area contributed by atoms with Gasteiger partial charge >= 0.3 is 11.9 Å². The molecule has 0 aliphatic heterocycles. The Kier molecular flexibility index (Phi) is 7.79. The van der Waals surface area contributed by atoms with E-state index < -0.39 is 47.7 Å². The van der Waals surface area contributed by atoms with E-state index in [4.69, 9.17) is 23.7 Å². The molecule has 0 unspecified atom stereocenters. The van der Waals surface area contributed by atoms with E-state index in [0.717, 1.165) is 0 Å². The molecule has 0 saturated heterocycles. The molecule has 164 valence electrons. The number of methoxy groups -OCH3 is 3. The standard InChI is InChI=1S/C21H26O9/c1-6-29-20(24)17-12(22)10-13(23)18(21(25)30-7-2)16(17)11-8-14(26-3)19(28-5)15(9-11)27-4/h8-9,16-18H,6-7,10H2,1-5H3/t17-,18-/m0/s1. The number of Topliss-reactive ketones (excluding diaryl/α,β-unsaturated/α-hetero) is 2. The Morgan fingerprint density at radius 1 is 0.833 bits per heavy atom. The number of hydrogen-bond acceptors (Lipinski definition) is 9. The van der Waals surface area contributed by atoms with Crippen molar-refractivity contribution < 1.29 is 42.9 Å². The van der Waals surface area contributed by atoms with Gasteiger partial charge in [-0.1, -0.05) is 0 Å². The Morgan fingerprint density at radius 3 is 1.60 bits per heavy atom. The van der Waals surface area contributed by atoms with Crippen LogP contribution in [0.3, 0.4) is 0 Å². The van der Waals surface area contributed by atoms with Crippen LogP contribution in [0.4, 0.5) is 0 Å². The highest BCUT2D eigenvalue weighted by atomic mass is 16.5. The fraction of sp³-hybridized carbons (Fsp3) is 0.524. The summed E-state index contributed by atoms with van der Waals surface area (Å²) >= 11 is 0. The van der Waals surface area contributed by atoms with Gasteiger partial charge in [0, 0.05) is 5.92 Å². The van der Waals surface area contributed by atoms with Crippen LogP contribution < -0.4 is 14.2 Å². The molecule has 0 N–H and O–H groups in total. The fourth-order valence-corrected chi connectivity index (χ4v) is 3.68. The zero-order valence-electron chi connectivity index (χ0n) is 17.7. The largest absolute Gasteiger partial charge is 0.493 e. The second-order valence-corrected chi connectivity index (χ2v) is 6.55. The van der Waals surface area contributed by atoms with Gasteiger partial charge in [-0.2, -0.15) is 0 Å². The Balaban J connectivity index is 2.73. The average Bonchev–Trinajstić information content (AvgIpc) is 2.72. The van der Waals surface area contributed by atoms with Gasteiger partial charge in [-0.05, 0) is 31.5 Å². The molecule has 30 heavy (non-hydrogen) atoms. The van der Waals surface area contributed by atoms with Gasteiger partial charge in [-0.25, -0.2) is 0 Å². The van der Waals surface area contributed by atoms with E-state index in [1.165, 1.54) is 33.5 Å². The van der Waals surface area contributed by atoms with E-state index in [1.807, 2.05) is 0 Å². The molecule has 2 atom stereocenters. The third kappa shape index (κ3) is 4.39. The Morgan fingerprint density at radius 2 is 1.27 bits per heavy atom. The lowest BCUT2D eigenvalue weighted by Gasteiger charge is -2.34. The second kappa shape index (κ2) is 10.1. The van der Waals surface area contributed by atoms with E-state index in [9.17, 15) is 19.2 Å². The molecule has 1 saturated carbocycles. The summed E-state index contributed by atoms with van der Waals surface area (Å²) in [6.45, 7) is 3.30. The molecule has 0 amide bonds. The Labute approximate surface area is 174 Å². The van der Waals surface area contributed by atoms with Crippen LogP contribution >= 0.6 is 0 Å². The molecule has 9 nitrogen and oxygen atoms in total. The van der Waals surface area contributed by atoms with Gasteiger partial charge in [-0.15, -0.1) is 0 Å². The van der Waals surface area contributed by atoms with Crippen molar-refractivity contribution in [1.82, 2.24) is 0 Å². The third-order valence-electron chi connectivity index (χ3n) is 4.91. The topological polar surface area (TPSA) is 114 Å². The molecular weight excluding hydrogens is 396 g/mol. The summed E-state index contributed by atoms with van der Waals surface area (Å²) in [4.78, 5) is 50.7. The summed E-state index contributed by atoms with van der Waals surface area (Å²) in [5.41, 5.74) is 0.321. The van der Waals surface area contributed by atoms with Crippen molar-refractivity contribution in [1.29, 1.82) is 0 Å². The first kappa shape index (κ1) is 23.2. The number of ketones is 2. The number of ether oxygens (including phenoxy) is 5. The van der Waals surface area contributed by atoms with E-state index in [2.05, 4.69) is 0 Å². The molecule has 2 rings (SSSR count). The van der Waals surface area contributed by atoms with Crippen molar-refractivity contribution >= 4 is 23.5 Å². The molecule has 0 radical (unpaired) electrons. The Hall–Kier alpha value is -3.10. The Bertz CT molecular complexity index is 769. The molecule has 1 aliphatic carbocycles. The number of carbonyl (C=O) groups excluding carboxylic acids is 4. The van der Waals surface area contributed by atoms with Crippen molar-refractivity contribution in [2.45, 2.75) is 26.2 Å². The van der Waals surface area contributed by atoms with E-state index in [0.29, 0.717) is 5.56 Å². The normalized spacial score (nSPS) is 19.2. The lowest BCUT2D eigenvalue weighted by atomic mass is 9.67. The lowest BCUT2D eigenvalue weighted by Crippen LogP contribution is -2.47. The van der Waals surface area contributed by atoms with Crippen LogP contribution in [-0.2, 0) is 28.7 Å². The molecule has 1 fully saturated rings. The second-order valence-electron chi connectivity index (χ2n) is 6.55. The van der Waals surface area contributed by atoms with Crippen LogP contribution in [0.15, 0.2) is 12.1 Å². The highest BCUT2D eigenvalue weighted by Gasteiger charge is 2.52. The monoisotopic (exact) mass is 422 g/mol. The minimum Gasteiger partial charge on any atom is -0.493 e. The van der Waals surface area contributed by atoms with Gasteiger partial charge in [0.05, 0.1) is 41.0 Å². The number of hydrogen-bond donors (Lipinski definition) is 0. The van der Waals surface area contributed by atoms with E-state index in [1.54, 1.807) is 13.8 Å². The first-order valence-electron chi connectivity index (χ1n) is 9.53. The maximum atomic E-state index is 12.7. The maximum Gasteiger partial charge on any atom is 0.317 e. The van der Waals surface area contributed by atoms with Gasteiger partial charge in [0.2, 0.25) is 5.75 Å². The first-order valence-corrected chi connectivity index (χ1v) is 9.53. The molecule has 0 bridgehead atoms. The summed E-state index contributed by atoms with van der Waals surface area (Å²) in [7, 11) is 4.24. The van der Waals surface area contributed by atoms with Gasteiger partial charge in [0.1, 0.15) is 11.8 Å². The number of carbonyl (C=O) groups is 4. The van der Waals surface area contributed by atoms with Crippen LogP contribution in [0.1, 0.15) is 31.7 Å². The highest BCUT2D eigenvalue weighted by molar-refractivity contribution is 6.17. The molecule has 0 heterocycles. The van der Waals surface area contributed by atoms with Gasteiger partial charge < -0.3 is 23.7 Å². The number of rotatable bonds is 8. The molecule has 1 aromatic carbocycles. The number of benzene rings is 1. The van der Waals surface area contributed by atoms with E-state index in [-0.39, 0.29) is 30.5 Å². The summed E-state index contributed by atoms with van der Waals surface area (Å²) in [5, 5.41) is 0. The summed E-state index contributed by atoms with van der Waals surface area (Å²) in [5.74, 6) is -5.87. The average molecular weight is 422 g/mol. The number of esters is 2. The molecule has 0 spiro atoms. The molecule has 0 aromatic heterocycles. The zero-order valence-corrected chi connectivity index (χ0v) is 17.7. The zero-order chi connectivity index (χ0) is 22.4. The quantitative estimate of drug-likeness (QED) is 0.456. The molecule has 1 aliphatic rings. The smallest absolute Gasteiger partial charge is 0.317 e. The third-order valence-corrected chi connectivity index (χ3v) is 4.91. The van der Waals surface area contributed by atoms with Crippen molar-refractivity contribution in [2.75, 3.05) is 34.5 Å². The minimum absolute atomic E-state index is 0.0443. The maximum absolute atomic E-state index is 12.7.